The Kier molecular flexibility index (Phi) is 6.82. The Morgan fingerprint density at radius 3 is 2.39 bits per heavy atom. The number of hydrogen-bond donors (Lipinski definition) is 1. The Morgan fingerprint density at radius 2 is 1.64 bits per heavy atom. The summed E-state index contributed by atoms with van der Waals surface area (Å²) < 4.78 is 10.9. The maximum atomic E-state index is 11.7. The molecule has 1 unspecified atom stereocenters. The standard InChI is InChI=1S/C24H25NO3/c1-2-27-24(26)16-23(25)21-12-6-10-19(14-21)20-11-7-13-22(15-20)28-17-18-8-4-3-5-9-18/h3-15,23H,2,16-17,25H2,1H3. The maximum Gasteiger partial charge on any atom is 0.307 e. The van der Waals surface area contributed by atoms with Crippen molar-refractivity contribution in [2.24, 2.45) is 5.73 Å². The van der Waals surface area contributed by atoms with Crippen molar-refractivity contribution in [1.82, 2.24) is 0 Å². The molecule has 0 spiro atoms. The lowest BCUT2D eigenvalue weighted by Gasteiger charge is -2.13. The van der Waals surface area contributed by atoms with Crippen molar-refractivity contribution in [1.29, 1.82) is 0 Å². The molecule has 0 aromatic heterocycles. The second kappa shape index (κ2) is 9.72. The fraction of sp³-hybridized carbons (Fsp3) is 0.208. The first-order valence-corrected chi connectivity index (χ1v) is 9.44. The number of nitrogens with two attached hydrogens (primary N) is 1. The SMILES string of the molecule is CCOC(=O)CC(N)c1cccc(-c2cccc(OCc3ccccc3)c2)c1. The number of ether oxygens (including phenoxy) is 2. The van der Waals surface area contributed by atoms with Gasteiger partial charge >= 0.3 is 5.97 Å². The Labute approximate surface area is 165 Å². The van der Waals surface area contributed by atoms with Gasteiger partial charge in [-0.15, -0.1) is 0 Å². The molecule has 0 radical (unpaired) electrons. The third kappa shape index (κ3) is 5.44. The van der Waals surface area contributed by atoms with E-state index in [0.717, 1.165) is 28.0 Å². The van der Waals surface area contributed by atoms with Crippen LogP contribution in [0.3, 0.4) is 0 Å². The molecule has 0 aliphatic rings. The van der Waals surface area contributed by atoms with Crippen LogP contribution < -0.4 is 10.5 Å². The molecule has 144 valence electrons. The summed E-state index contributed by atoms with van der Waals surface area (Å²) in [6.07, 6.45) is 0.164. The molecule has 0 aliphatic heterocycles. The van der Waals surface area contributed by atoms with E-state index in [-0.39, 0.29) is 12.4 Å². The molecule has 0 aliphatic carbocycles. The van der Waals surface area contributed by atoms with E-state index in [9.17, 15) is 4.79 Å². The fourth-order valence-electron chi connectivity index (χ4n) is 2.97. The molecule has 0 bridgehead atoms. The molecule has 0 saturated carbocycles. The summed E-state index contributed by atoms with van der Waals surface area (Å²) in [5.41, 5.74) is 10.3. The van der Waals surface area contributed by atoms with Crippen LogP contribution >= 0.6 is 0 Å². The van der Waals surface area contributed by atoms with Gasteiger partial charge in [-0.2, -0.15) is 0 Å². The van der Waals surface area contributed by atoms with Gasteiger partial charge < -0.3 is 15.2 Å². The van der Waals surface area contributed by atoms with Gasteiger partial charge in [-0.25, -0.2) is 0 Å². The van der Waals surface area contributed by atoms with Gasteiger partial charge in [-0.3, -0.25) is 4.79 Å². The van der Waals surface area contributed by atoms with E-state index in [1.165, 1.54) is 0 Å². The minimum Gasteiger partial charge on any atom is -0.489 e. The summed E-state index contributed by atoms with van der Waals surface area (Å²) in [5.74, 6) is 0.527. The zero-order chi connectivity index (χ0) is 19.8. The number of esters is 1. The summed E-state index contributed by atoms with van der Waals surface area (Å²) in [5, 5.41) is 0. The smallest absolute Gasteiger partial charge is 0.307 e. The van der Waals surface area contributed by atoms with Crippen LogP contribution in [-0.2, 0) is 16.1 Å². The van der Waals surface area contributed by atoms with E-state index in [1.807, 2.05) is 78.9 Å². The third-order valence-electron chi connectivity index (χ3n) is 4.42. The minimum absolute atomic E-state index is 0.164. The van der Waals surface area contributed by atoms with E-state index < -0.39 is 6.04 Å². The van der Waals surface area contributed by atoms with Crippen molar-refractivity contribution < 1.29 is 14.3 Å². The van der Waals surface area contributed by atoms with Crippen LogP contribution in [0.5, 0.6) is 5.75 Å². The summed E-state index contributed by atoms with van der Waals surface area (Å²) in [4.78, 5) is 11.7. The average Bonchev–Trinajstić information content (AvgIpc) is 2.73. The molecule has 0 amide bonds. The predicted octanol–water partition coefficient (Wildman–Crippen LogP) is 4.89. The van der Waals surface area contributed by atoms with Crippen molar-refractivity contribution in [3.05, 3.63) is 90.0 Å². The zero-order valence-electron chi connectivity index (χ0n) is 16.0. The lowest BCUT2D eigenvalue weighted by molar-refractivity contribution is -0.143. The summed E-state index contributed by atoms with van der Waals surface area (Å²) in [7, 11) is 0. The van der Waals surface area contributed by atoms with Crippen molar-refractivity contribution in [2.75, 3.05) is 6.61 Å². The number of rotatable bonds is 8. The highest BCUT2D eigenvalue weighted by atomic mass is 16.5. The van der Waals surface area contributed by atoms with Crippen LogP contribution in [0.1, 0.15) is 30.5 Å². The molecule has 3 rings (SSSR count). The van der Waals surface area contributed by atoms with Crippen molar-refractivity contribution in [3.63, 3.8) is 0 Å². The molecule has 4 nitrogen and oxygen atoms in total. The first-order valence-electron chi connectivity index (χ1n) is 9.44. The molecule has 2 N–H and O–H groups in total. The molecule has 4 heteroatoms. The second-order valence-corrected chi connectivity index (χ2v) is 6.54. The van der Waals surface area contributed by atoms with Gasteiger partial charge in [-0.05, 0) is 47.4 Å². The van der Waals surface area contributed by atoms with Gasteiger partial charge in [0.05, 0.1) is 13.0 Å². The highest BCUT2D eigenvalue weighted by Crippen LogP contribution is 2.27. The van der Waals surface area contributed by atoms with Crippen LogP contribution in [0.4, 0.5) is 0 Å². The Balaban J connectivity index is 1.72. The lowest BCUT2D eigenvalue weighted by Crippen LogP contribution is -2.17. The Bertz CT molecular complexity index is 908. The molecule has 0 heterocycles. The molecule has 3 aromatic rings. The van der Waals surface area contributed by atoms with Crippen molar-refractivity contribution in [3.8, 4) is 16.9 Å². The highest BCUT2D eigenvalue weighted by Gasteiger charge is 2.13. The van der Waals surface area contributed by atoms with Crippen molar-refractivity contribution in [2.45, 2.75) is 26.0 Å². The summed E-state index contributed by atoms with van der Waals surface area (Å²) >= 11 is 0. The van der Waals surface area contributed by atoms with E-state index >= 15 is 0 Å². The van der Waals surface area contributed by atoms with E-state index in [1.54, 1.807) is 6.92 Å². The van der Waals surface area contributed by atoms with Crippen molar-refractivity contribution >= 4 is 5.97 Å². The summed E-state index contributed by atoms with van der Waals surface area (Å²) in [6, 6.07) is 25.6. The summed E-state index contributed by atoms with van der Waals surface area (Å²) in [6.45, 7) is 2.67. The van der Waals surface area contributed by atoms with Gasteiger partial charge in [-0.1, -0.05) is 60.7 Å². The van der Waals surface area contributed by atoms with Gasteiger partial charge in [0.15, 0.2) is 0 Å². The average molecular weight is 375 g/mol. The predicted molar refractivity (Wildman–Crippen MR) is 111 cm³/mol. The molecule has 0 fully saturated rings. The van der Waals surface area contributed by atoms with Crippen LogP contribution in [-0.4, -0.2) is 12.6 Å². The molecule has 3 aromatic carbocycles. The minimum atomic E-state index is -0.392. The molecule has 1 atom stereocenters. The van der Waals surface area contributed by atoms with E-state index in [4.69, 9.17) is 15.2 Å². The van der Waals surface area contributed by atoms with Crippen LogP contribution in [0.25, 0.3) is 11.1 Å². The van der Waals surface area contributed by atoms with Crippen LogP contribution in [0.2, 0.25) is 0 Å². The van der Waals surface area contributed by atoms with Gasteiger partial charge in [0, 0.05) is 6.04 Å². The molecule has 0 saturated heterocycles. The van der Waals surface area contributed by atoms with Gasteiger partial charge in [0.25, 0.3) is 0 Å². The van der Waals surface area contributed by atoms with E-state index in [2.05, 4.69) is 0 Å². The topological polar surface area (TPSA) is 61.5 Å². The monoisotopic (exact) mass is 375 g/mol. The highest BCUT2D eigenvalue weighted by molar-refractivity contribution is 5.71. The largest absolute Gasteiger partial charge is 0.489 e. The quantitative estimate of drug-likeness (QED) is 0.570. The maximum absolute atomic E-state index is 11.7. The van der Waals surface area contributed by atoms with E-state index in [0.29, 0.717) is 13.2 Å². The number of hydrogen-bond acceptors (Lipinski definition) is 4. The molecular weight excluding hydrogens is 350 g/mol. The third-order valence-corrected chi connectivity index (χ3v) is 4.42. The molecule has 28 heavy (non-hydrogen) atoms. The number of carbonyl (C=O) groups excluding carboxylic acids is 1. The fourth-order valence-corrected chi connectivity index (χ4v) is 2.97. The van der Waals surface area contributed by atoms with Gasteiger partial charge in [0.1, 0.15) is 12.4 Å². The number of carbonyl (C=O) groups is 1. The van der Waals surface area contributed by atoms with Crippen LogP contribution in [0.15, 0.2) is 78.9 Å². The lowest BCUT2D eigenvalue weighted by atomic mass is 9.98. The number of benzene rings is 3. The first kappa shape index (κ1) is 19.6. The Morgan fingerprint density at radius 1 is 0.929 bits per heavy atom. The van der Waals surface area contributed by atoms with Gasteiger partial charge in [0.2, 0.25) is 0 Å². The molecular formula is C24H25NO3. The second-order valence-electron chi connectivity index (χ2n) is 6.54. The van der Waals surface area contributed by atoms with Crippen LogP contribution in [0, 0.1) is 0 Å². The zero-order valence-corrected chi connectivity index (χ0v) is 16.0. The first-order chi connectivity index (χ1) is 13.7. The Hall–Kier alpha value is -3.11. The normalized spacial score (nSPS) is 11.6.